The van der Waals surface area contributed by atoms with E-state index in [2.05, 4.69) is 10.6 Å². The minimum Gasteiger partial charge on any atom is -0.462 e. The molecule has 6 nitrogen and oxygen atoms in total. The van der Waals surface area contributed by atoms with Crippen molar-refractivity contribution in [2.75, 3.05) is 11.9 Å². The van der Waals surface area contributed by atoms with Gasteiger partial charge in [0.05, 0.1) is 12.2 Å². The third kappa shape index (κ3) is 5.08. The highest BCUT2D eigenvalue weighted by Crippen LogP contribution is 2.20. The van der Waals surface area contributed by atoms with E-state index < -0.39 is 17.3 Å². The Labute approximate surface area is 143 Å². The van der Waals surface area contributed by atoms with E-state index in [0.717, 1.165) is 6.42 Å². The molecule has 0 saturated carbocycles. The van der Waals surface area contributed by atoms with Crippen molar-refractivity contribution >= 4 is 23.5 Å². The van der Waals surface area contributed by atoms with E-state index in [0.29, 0.717) is 17.9 Å². The molecule has 0 spiro atoms. The lowest BCUT2D eigenvalue weighted by Crippen LogP contribution is -2.47. The number of anilines is 1. The predicted octanol–water partition coefficient (Wildman–Crippen LogP) is 2.74. The van der Waals surface area contributed by atoms with Gasteiger partial charge in [0.25, 0.3) is 0 Å². The Morgan fingerprint density at radius 3 is 2.17 bits per heavy atom. The van der Waals surface area contributed by atoms with Crippen LogP contribution in [-0.2, 0) is 14.3 Å². The first-order chi connectivity index (χ1) is 11.2. The molecule has 1 aromatic rings. The highest BCUT2D eigenvalue weighted by molar-refractivity contribution is 6.10. The number of ether oxygens (including phenoxy) is 1. The summed E-state index contributed by atoms with van der Waals surface area (Å²) in [7, 11) is 0. The van der Waals surface area contributed by atoms with Crippen molar-refractivity contribution in [3.8, 4) is 0 Å². The van der Waals surface area contributed by atoms with E-state index in [1.807, 2.05) is 13.8 Å². The summed E-state index contributed by atoms with van der Waals surface area (Å²) in [4.78, 5) is 36.2. The Hall–Kier alpha value is -2.37. The average Bonchev–Trinajstić information content (AvgIpc) is 2.55. The summed E-state index contributed by atoms with van der Waals surface area (Å²) in [6.45, 7) is 9.04. The molecule has 0 radical (unpaired) electrons. The largest absolute Gasteiger partial charge is 0.462 e. The van der Waals surface area contributed by atoms with Gasteiger partial charge in [-0.3, -0.25) is 9.59 Å². The van der Waals surface area contributed by atoms with Crippen molar-refractivity contribution < 1.29 is 19.1 Å². The summed E-state index contributed by atoms with van der Waals surface area (Å²) < 4.78 is 4.90. The minimum absolute atomic E-state index is 0.00781. The van der Waals surface area contributed by atoms with Gasteiger partial charge < -0.3 is 15.4 Å². The van der Waals surface area contributed by atoms with Crippen LogP contribution in [0, 0.1) is 5.41 Å². The van der Waals surface area contributed by atoms with Gasteiger partial charge in [0, 0.05) is 11.7 Å². The molecule has 1 aromatic carbocycles. The van der Waals surface area contributed by atoms with Crippen molar-refractivity contribution in [1.29, 1.82) is 0 Å². The maximum atomic E-state index is 12.4. The van der Waals surface area contributed by atoms with E-state index in [1.54, 1.807) is 45.0 Å². The van der Waals surface area contributed by atoms with Crippen molar-refractivity contribution in [3.63, 3.8) is 0 Å². The molecule has 1 atom stereocenters. The molecule has 2 amide bonds. The van der Waals surface area contributed by atoms with Crippen LogP contribution in [0.5, 0.6) is 0 Å². The van der Waals surface area contributed by atoms with Gasteiger partial charge in [0.1, 0.15) is 5.41 Å². The molecule has 0 aromatic heterocycles. The minimum atomic E-state index is -1.21. The Morgan fingerprint density at radius 2 is 1.67 bits per heavy atom. The van der Waals surface area contributed by atoms with Crippen LogP contribution < -0.4 is 10.6 Å². The molecule has 0 saturated heterocycles. The van der Waals surface area contributed by atoms with E-state index in [-0.39, 0.29) is 11.9 Å². The third-order valence-electron chi connectivity index (χ3n) is 3.78. The molecular formula is C18H26N2O4. The number of carbonyl (C=O) groups excluding carboxylic acids is 3. The van der Waals surface area contributed by atoms with Crippen molar-refractivity contribution in [2.24, 2.45) is 5.41 Å². The SMILES string of the molecule is CCOC(=O)c1ccc(NC(=O)C(C)(C)C(=O)NC(C)CC)cc1. The topological polar surface area (TPSA) is 84.5 Å². The maximum Gasteiger partial charge on any atom is 0.338 e. The molecule has 1 unspecified atom stereocenters. The molecular weight excluding hydrogens is 308 g/mol. The normalized spacial score (nSPS) is 12.2. The number of hydrogen-bond acceptors (Lipinski definition) is 4. The Bertz CT molecular complexity index is 594. The molecule has 0 fully saturated rings. The molecule has 0 aliphatic heterocycles. The molecule has 0 heterocycles. The van der Waals surface area contributed by atoms with Gasteiger partial charge in [0.2, 0.25) is 11.8 Å². The Kier molecular flexibility index (Phi) is 6.95. The number of benzene rings is 1. The second-order valence-corrected chi connectivity index (χ2v) is 6.16. The van der Waals surface area contributed by atoms with Gasteiger partial charge in [0.15, 0.2) is 0 Å². The quantitative estimate of drug-likeness (QED) is 0.593. The van der Waals surface area contributed by atoms with Gasteiger partial charge in [-0.2, -0.15) is 0 Å². The molecule has 6 heteroatoms. The average molecular weight is 334 g/mol. The lowest BCUT2D eigenvalue weighted by Gasteiger charge is -2.24. The van der Waals surface area contributed by atoms with Crippen molar-refractivity contribution in [1.82, 2.24) is 5.32 Å². The number of carbonyl (C=O) groups is 3. The zero-order valence-corrected chi connectivity index (χ0v) is 14.9. The molecule has 24 heavy (non-hydrogen) atoms. The van der Waals surface area contributed by atoms with E-state index in [9.17, 15) is 14.4 Å². The number of hydrogen-bond donors (Lipinski definition) is 2. The van der Waals surface area contributed by atoms with Crippen LogP contribution in [0.1, 0.15) is 51.4 Å². The summed E-state index contributed by atoms with van der Waals surface area (Å²) >= 11 is 0. The first-order valence-corrected chi connectivity index (χ1v) is 8.12. The van der Waals surface area contributed by atoms with Crippen LogP contribution in [0.15, 0.2) is 24.3 Å². The molecule has 1 rings (SSSR count). The molecule has 2 N–H and O–H groups in total. The summed E-state index contributed by atoms with van der Waals surface area (Å²) in [6, 6.07) is 6.35. The van der Waals surface area contributed by atoms with Crippen molar-refractivity contribution in [2.45, 2.75) is 47.1 Å². The van der Waals surface area contributed by atoms with Crippen LogP contribution in [0.4, 0.5) is 5.69 Å². The fraction of sp³-hybridized carbons (Fsp3) is 0.500. The van der Waals surface area contributed by atoms with Crippen LogP contribution in [0.2, 0.25) is 0 Å². The van der Waals surface area contributed by atoms with Crippen LogP contribution in [-0.4, -0.2) is 30.4 Å². The molecule has 0 aliphatic rings. The van der Waals surface area contributed by atoms with Crippen LogP contribution >= 0.6 is 0 Å². The first kappa shape index (κ1) is 19.7. The van der Waals surface area contributed by atoms with Crippen LogP contribution in [0.3, 0.4) is 0 Å². The second-order valence-electron chi connectivity index (χ2n) is 6.16. The van der Waals surface area contributed by atoms with Gasteiger partial charge in [-0.15, -0.1) is 0 Å². The highest BCUT2D eigenvalue weighted by Gasteiger charge is 2.36. The number of rotatable bonds is 7. The first-order valence-electron chi connectivity index (χ1n) is 8.12. The van der Waals surface area contributed by atoms with E-state index in [4.69, 9.17) is 4.74 Å². The number of nitrogens with one attached hydrogen (secondary N) is 2. The van der Waals surface area contributed by atoms with Crippen molar-refractivity contribution in [3.05, 3.63) is 29.8 Å². The lowest BCUT2D eigenvalue weighted by atomic mass is 9.90. The van der Waals surface area contributed by atoms with E-state index >= 15 is 0 Å². The molecule has 132 valence electrons. The summed E-state index contributed by atoms with van der Waals surface area (Å²) in [5.74, 6) is -1.15. The molecule has 0 aliphatic carbocycles. The highest BCUT2D eigenvalue weighted by atomic mass is 16.5. The van der Waals surface area contributed by atoms with Gasteiger partial charge in [-0.25, -0.2) is 4.79 Å². The predicted molar refractivity (Wildman–Crippen MR) is 92.7 cm³/mol. The van der Waals surface area contributed by atoms with Gasteiger partial charge in [-0.05, 0) is 58.4 Å². The third-order valence-corrected chi connectivity index (χ3v) is 3.78. The van der Waals surface area contributed by atoms with E-state index in [1.165, 1.54) is 0 Å². The molecule has 0 bridgehead atoms. The number of amides is 2. The summed E-state index contributed by atoms with van der Waals surface area (Å²) in [5.41, 5.74) is -0.287. The second kappa shape index (κ2) is 8.47. The zero-order chi connectivity index (χ0) is 18.3. The smallest absolute Gasteiger partial charge is 0.338 e. The fourth-order valence-electron chi connectivity index (χ4n) is 1.80. The Morgan fingerprint density at radius 1 is 1.08 bits per heavy atom. The van der Waals surface area contributed by atoms with Gasteiger partial charge in [-0.1, -0.05) is 6.92 Å². The summed E-state index contributed by atoms with van der Waals surface area (Å²) in [6.07, 6.45) is 0.790. The van der Waals surface area contributed by atoms with Gasteiger partial charge >= 0.3 is 5.97 Å². The monoisotopic (exact) mass is 334 g/mol. The number of esters is 1. The summed E-state index contributed by atoms with van der Waals surface area (Å²) in [5, 5.41) is 5.51. The lowest BCUT2D eigenvalue weighted by molar-refractivity contribution is -0.138. The fourth-order valence-corrected chi connectivity index (χ4v) is 1.80. The Balaban J connectivity index is 2.75. The zero-order valence-electron chi connectivity index (χ0n) is 14.9. The maximum absolute atomic E-state index is 12.4. The van der Waals surface area contributed by atoms with Crippen LogP contribution in [0.25, 0.3) is 0 Å². The standard InChI is InChI=1S/C18H26N2O4/c1-6-12(3)19-16(22)18(4,5)17(23)20-14-10-8-13(9-11-14)15(21)24-7-2/h8-12H,6-7H2,1-5H3,(H,19,22)(H,20,23).